The van der Waals surface area contributed by atoms with Crippen molar-refractivity contribution in [1.29, 1.82) is 0 Å². The molecule has 2 rings (SSSR count). The van der Waals surface area contributed by atoms with Crippen LogP contribution in [0.25, 0.3) is 0 Å². The molecule has 0 atom stereocenters. The fourth-order valence-electron chi connectivity index (χ4n) is 1.99. The predicted molar refractivity (Wildman–Crippen MR) is 83.6 cm³/mol. The van der Waals surface area contributed by atoms with E-state index in [-0.39, 0.29) is 17.2 Å². The minimum atomic E-state index is -3.71. The van der Waals surface area contributed by atoms with Crippen molar-refractivity contribution < 1.29 is 13.5 Å². The summed E-state index contributed by atoms with van der Waals surface area (Å²) in [5.41, 5.74) is 8.30. The highest BCUT2D eigenvalue weighted by atomic mass is 32.2. The van der Waals surface area contributed by atoms with E-state index in [4.69, 9.17) is 10.8 Å². The summed E-state index contributed by atoms with van der Waals surface area (Å²) in [6.45, 7) is 1.91. The summed E-state index contributed by atoms with van der Waals surface area (Å²) in [4.78, 5) is 0.0625. The quantitative estimate of drug-likeness (QED) is 0.736. The van der Waals surface area contributed by atoms with Gasteiger partial charge >= 0.3 is 0 Å². The highest BCUT2D eigenvalue weighted by Crippen LogP contribution is 2.22. The van der Waals surface area contributed by atoms with E-state index in [1.165, 1.54) is 6.07 Å². The number of hydrogen-bond donors (Lipinski definition) is 3. The number of nitrogens with one attached hydrogen (secondary N) is 1. The Kier molecular flexibility index (Phi) is 4.50. The third-order valence-electron chi connectivity index (χ3n) is 3.06. The first-order valence-corrected chi connectivity index (χ1v) is 7.99. The Morgan fingerprint density at radius 2 is 1.81 bits per heavy atom. The zero-order chi connectivity index (χ0) is 15.5. The second-order valence-corrected chi connectivity index (χ2v) is 6.47. The van der Waals surface area contributed by atoms with Crippen molar-refractivity contribution in [2.75, 3.05) is 17.1 Å². The molecule has 0 aliphatic rings. The molecule has 0 fully saturated rings. The maximum absolute atomic E-state index is 12.3. The number of rotatable bonds is 5. The van der Waals surface area contributed by atoms with Gasteiger partial charge in [-0.25, -0.2) is 8.42 Å². The number of hydrogen-bond acceptors (Lipinski definition) is 4. The van der Waals surface area contributed by atoms with Crippen LogP contribution in [0.4, 0.5) is 11.4 Å². The van der Waals surface area contributed by atoms with Crippen molar-refractivity contribution in [3.05, 3.63) is 53.6 Å². The summed E-state index contributed by atoms with van der Waals surface area (Å²) in [5.74, 6) is 0. The molecule has 2 aromatic carbocycles. The van der Waals surface area contributed by atoms with Crippen molar-refractivity contribution in [1.82, 2.24) is 0 Å². The molecule has 0 amide bonds. The van der Waals surface area contributed by atoms with Crippen LogP contribution in [0, 0.1) is 6.92 Å². The Bertz CT molecular complexity index is 725. The fourth-order valence-corrected chi connectivity index (χ4v) is 3.16. The molecule has 0 spiro atoms. The normalized spacial score (nSPS) is 11.3. The zero-order valence-corrected chi connectivity index (χ0v) is 12.5. The van der Waals surface area contributed by atoms with Crippen LogP contribution in [0.1, 0.15) is 11.1 Å². The Hall–Kier alpha value is -2.05. The largest absolute Gasteiger partial charge is 0.398 e. The SMILES string of the molecule is Cc1ccc(S(=O)(=O)Nc2ccc(CCO)cc2)c(N)c1. The van der Waals surface area contributed by atoms with Crippen molar-refractivity contribution in [3.63, 3.8) is 0 Å². The summed E-state index contributed by atoms with van der Waals surface area (Å²) >= 11 is 0. The maximum Gasteiger partial charge on any atom is 0.263 e. The third kappa shape index (κ3) is 3.74. The molecular weight excluding hydrogens is 288 g/mol. The molecule has 0 bridgehead atoms. The molecule has 6 heteroatoms. The van der Waals surface area contributed by atoms with Gasteiger partial charge in [0.05, 0.1) is 5.69 Å². The number of aryl methyl sites for hydroxylation is 1. The van der Waals surface area contributed by atoms with Gasteiger partial charge in [0.2, 0.25) is 0 Å². The minimum absolute atomic E-state index is 0.0605. The number of nitrogens with two attached hydrogens (primary N) is 1. The number of anilines is 2. The third-order valence-corrected chi connectivity index (χ3v) is 4.52. The molecule has 0 unspecified atom stereocenters. The van der Waals surface area contributed by atoms with Gasteiger partial charge in [-0.05, 0) is 48.7 Å². The molecule has 4 N–H and O–H groups in total. The van der Waals surface area contributed by atoms with E-state index in [2.05, 4.69) is 4.72 Å². The summed E-state index contributed by atoms with van der Waals surface area (Å²) < 4.78 is 27.1. The first kappa shape index (κ1) is 15.3. The van der Waals surface area contributed by atoms with Gasteiger partial charge in [-0.15, -0.1) is 0 Å². The van der Waals surface area contributed by atoms with Gasteiger partial charge < -0.3 is 10.8 Å². The van der Waals surface area contributed by atoms with Gasteiger partial charge in [-0.2, -0.15) is 0 Å². The Labute approximate surface area is 124 Å². The molecule has 2 aromatic rings. The monoisotopic (exact) mass is 306 g/mol. The van der Waals surface area contributed by atoms with Gasteiger partial charge in [0, 0.05) is 12.3 Å². The molecule has 0 aliphatic heterocycles. The van der Waals surface area contributed by atoms with Crippen molar-refractivity contribution in [2.24, 2.45) is 0 Å². The maximum atomic E-state index is 12.3. The Balaban J connectivity index is 2.24. The number of benzene rings is 2. The molecule has 0 saturated carbocycles. The van der Waals surface area contributed by atoms with E-state index in [0.29, 0.717) is 12.1 Å². The summed E-state index contributed by atoms with van der Waals surface area (Å²) in [7, 11) is -3.71. The first-order chi connectivity index (χ1) is 9.92. The van der Waals surface area contributed by atoms with Crippen molar-refractivity contribution >= 4 is 21.4 Å². The van der Waals surface area contributed by atoms with E-state index >= 15 is 0 Å². The Morgan fingerprint density at radius 3 is 2.38 bits per heavy atom. The smallest absolute Gasteiger partial charge is 0.263 e. The standard InChI is InChI=1S/C15H18N2O3S/c1-11-2-7-15(14(16)10-11)21(19,20)17-13-5-3-12(4-6-13)8-9-18/h2-7,10,17-18H,8-9,16H2,1H3. The second kappa shape index (κ2) is 6.15. The van der Waals surface area contributed by atoms with Gasteiger partial charge in [0.25, 0.3) is 10.0 Å². The molecule has 0 saturated heterocycles. The molecule has 0 heterocycles. The lowest BCUT2D eigenvalue weighted by molar-refractivity contribution is 0.299. The first-order valence-electron chi connectivity index (χ1n) is 6.51. The van der Waals surface area contributed by atoms with Crippen molar-refractivity contribution in [3.8, 4) is 0 Å². The second-order valence-electron chi connectivity index (χ2n) is 4.82. The van der Waals surface area contributed by atoms with E-state index in [9.17, 15) is 8.42 Å². The number of sulfonamides is 1. The Morgan fingerprint density at radius 1 is 1.14 bits per heavy atom. The van der Waals surface area contributed by atoms with Crippen LogP contribution in [0.2, 0.25) is 0 Å². The van der Waals surface area contributed by atoms with Gasteiger partial charge in [0.1, 0.15) is 4.90 Å². The lowest BCUT2D eigenvalue weighted by Gasteiger charge is -2.11. The molecular formula is C15H18N2O3S. The van der Waals surface area contributed by atoms with Gasteiger partial charge in [-0.1, -0.05) is 18.2 Å². The van der Waals surface area contributed by atoms with E-state index < -0.39 is 10.0 Å². The summed E-state index contributed by atoms with van der Waals surface area (Å²) in [5, 5.41) is 8.85. The topological polar surface area (TPSA) is 92.4 Å². The number of aliphatic hydroxyl groups is 1. The number of aliphatic hydroxyl groups excluding tert-OH is 1. The van der Waals surface area contributed by atoms with Crippen LogP contribution in [-0.2, 0) is 16.4 Å². The highest BCUT2D eigenvalue weighted by Gasteiger charge is 2.17. The molecule has 5 nitrogen and oxygen atoms in total. The van der Waals surface area contributed by atoms with Gasteiger partial charge in [-0.3, -0.25) is 4.72 Å². The summed E-state index contributed by atoms with van der Waals surface area (Å²) in [6.07, 6.45) is 0.540. The van der Waals surface area contributed by atoms with Gasteiger partial charge in [0.15, 0.2) is 0 Å². The van der Waals surface area contributed by atoms with Crippen LogP contribution in [-0.4, -0.2) is 20.1 Å². The highest BCUT2D eigenvalue weighted by molar-refractivity contribution is 7.92. The molecule has 21 heavy (non-hydrogen) atoms. The minimum Gasteiger partial charge on any atom is -0.398 e. The number of nitrogen functional groups attached to an aromatic ring is 1. The zero-order valence-electron chi connectivity index (χ0n) is 11.7. The van der Waals surface area contributed by atoms with Crippen LogP contribution < -0.4 is 10.5 Å². The summed E-state index contributed by atoms with van der Waals surface area (Å²) in [6, 6.07) is 11.7. The molecule has 0 aliphatic carbocycles. The van der Waals surface area contributed by atoms with Crippen LogP contribution in [0.15, 0.2) is 47.4 Å². The van der Waals surface area contributed by atoms with E-state index in [1.807, 2.05) is 6.92 Å². The predicted octanol–water partition coefficient (Wildman–Crippen LogP) is 1.91. The molecule has 0 radical (unpaired) electrons. The average Bonchev–Trinajstić information content (AvgIpc) is 2.40. The molecule has 0 aromatic heterocycles. The van der Waals surface area contributed by atoms with Crippen molar-refractivity contribution in [2.45, 2.75) is 18.2 Å². The lowest BCUT2D eigenvalue weighted by atomic mass is 10.1. The van der Waals surface area contributed by atoms with Crippen LogP contribution in [0.5, 0.6) is 0 Å². The fraction of sp³-hybridized carbons (Fsp3) is 0.200. The van der Waals surface area contributed by atoms with E-state index in [1.54, 1.807) is 36.4 Å². The average molecular weight is 306 g/mol. The van der Waals surface area contributed by atoms with Crippen LogP contribution in [0.3, 0.4) is 0 Å². The van der Waals surface area contributed by atoms with E-state index in [0.717, 1.165) is 11.1 Å². The molecule has 112 valence electrons. The lowest BCUT2D eigenvalue weighted by Crippen LogP contribution is -2.14. The van der Waals surface area contributed by atoms with Crippen LogP contribution >= 0.6 is 0 Å².